The van der Waals surface area contributed by atoms with Gasteiger partial charge in [0.1, 0.15) is 0 Å². The molecule has 1 fully saturated rings. The molecule has 1 saturated heterocycles. The molecule has 0 atom stereocenters. The van der Waals surface area contributed by atoms with Crippen molar-refractivity contribution in [2.24, 2.45) is 0 Å². The fourth-order valence-corrected chi connectivity index (χ4v) is 0.986. The second-order valence-corrected chi connectivity index (χ2v) is 2.23. The molecule has 60 valence electrons. The van der Waals surface area contributed by atoms with E-state index >= 15 is 0 Å². The van der Waals surface area contributed by atoms with Crippen LogP contribution in [0.15, 0.2) is 11.8 Å². The van der Waals surface area contributed by atoms with Gasteiger partial charge in [0.2, 0.25) is 6.41 Å². The molecule has 4 heteroatoms. The van der Waals surface area contributed by atoms with E-state index in [0.717, 1.165) is 4.90 Å². The Morgan fingerprint density at radius 1 is 1.64 bits per heavy atom. The van der Waals surface area contributed by atoms with Crippen LogP contribution < -0.4 is 0 Å². The first kappa shape index (κ1) is 7.78. The van der Waals surface area contributed by atoms with Crippen molar-refractivity contribution in [2.45, 2.75) is 6.42 Å². The SMILES string of the molecule is CO/C=C1/CCN(C=O)C1=O. The van der Waals surface area contributed by atoms with Crippen molar-refractivity contribution in [3.8, 4) is 0 Å². The van der Waals surface area contributed by atoms with Gasteiger partial charge in [-0.3, -0.25) is 14.5 Å². The average Bonchev–Trinajstić information content (AvgIpc) is 2.34. The minimum Gasteiger partial charge on any atom is -0.504 e. The highest BCUT2D eigenvalue weighted by atomic mass is 16.5. The third-order valence-electron chi connectivity index (χ3n) is 1.54. The zero-order chi connectivity index (χ0) is 8.27. The van der Waals surface area contributed by atoms with Crippen LogP contribution in [0.4, 0.5) is 0 Å². The summed E-state index contributed by atoms with van der Waals surface area (Å²) in [7, 11) is 1.48. The monoisotopic (exact) mass is 155 g/mol. The van der Waals surface area contributed by atoms with Gasteiger partial charge in [0.05, 0.1) is 18.9 Å². The Bertz CT molecular complexity index is 210. The highest BCUT2D eigenvalue weighted by Crippen LogP contribution is 2.14. The number of likely N-dealkylation sites (tertiary alicyclic amines) is 1. The number of hydrogen-bond acceptors (Lipinski definition) is 3. The third kappa shape index (κ3) is 1.39. The van der Waals surface area contributed by atoms with Crippen LogP contribution in [-0.2, 0) is 14.3 Å². The summed E-state index contributed by atoms with van der Waals surface area (Å²) < 4.78 is 4.66. The van der Waals surface area contributed by atoms with Crippen LogP contribution in [0.25, 0.3) is 0 Å². The molecule has 0 N–H and O–H groups in total. The maximum absolute atomic E-state index is 11.1. The van der Waals surface area contributed by atoms with Gasteiger partial charge in [0.15, 0.2) is 0 Å². The Morgan fingerprint density at radius 2 is 2.36 bits per heavy atom. The molecule has 0 aromatic heterocycles. The summed E-state index contributed by atoms with van der Waals surface area (Å²) in [6.07, 6.45) is 2.51. The number of carbonyl (C=O) groups excluding carboxylic acids is 2. The van der Waals surface area contributed by atoms with Crippen molar-refractivity contribution in [2.75, 3.05) is 13.7 Å². The molecule has 0 aromatic carbocycles. The zero-order valence-electron chi connectivity index (χ0n) is 6.24. The third-order valence-corrected chi connectivity index (χ3v) is 1.54. The first-order valence-corrected chi connectivity index (χ1v) is 3.27. The summed E-state index contributed by atoms with van der Waals surface area (Å²) in [5.41, 5.74) is 0.555. The molecule has 1 rings (SSSR count). The largest absolute Gasteiger partial charge is 0.504 e. The van der Waals surface area contributed by atoms with E-state index < -0.39 is 0 Å². The quantitative estimate of drug-likeness (QED) is 0.318. The van der Waals surface area contributed by atoms with Crippen LogP contribution >= 0.6 is 0 Å². The van der Waals surface area contributed by atoms with E-state index in [2.05, 4.69) is 4.74 Å². The number of hydrogen-bond donors (Lipinski definition) is 0. The van der Waals surface area contributed by atoms with E-state index in [9.17, 15) is 9.59 Å². The van der Waals surface area contributed by atoms with E-state index in [-0.39, 0.29) is 5.91 Å². The van der Waals surface area contributed by atoms with Crippen molar-refractivity contribution in [3.05, 3.63) is 11.8 Å². The second kappa shape index (κ2) is 3.18. The van der Waals surface area contributed by atoms with Crippen molar-refractivity contribution >= 4 is 12.3 Å². The summed E-state index contributed by atoms with van der Waals surface area (Å²) in [6.45, 7) is 0.470. The molecule has 0 saturated carbocycles. The standard InChI is InChI=1S/C7H9NO3/c1-11-4-6-2-3-8(5-9)7(6)10/h4-5H,2-3H2,1H3/b6-4-. The van der Waals surface area contributed by atoms with Crippen LogP contribution in [0, 0.1) is 0 Å². The van der Waals surface area contributed by atoms with Gasteiger partial charge in [-0.1, -0.05) is 0 Å². The summed E-state index contributed by atoms with van der Waals surface area (Å²) in [4.78, 5) is 22.4. The Labute approximate surface area is 64.4 Å². The van der Waals surface area contributed by atoms with Gasteiger partial charge in [0.25, 0.3) is 5.91 Å². The lowest BCUT2D eigenvalue weighted by atomic mass is 10.3. The van der Waals surface area contributed by atoms with Crippen molar-refractivity contribution < 1.29 is 14.3 Å². The number of nitrogens with zero attached hydrogens (tertiary/aromatic N) is 1. The Morgan fingerprint density at radius 3 is 2.82 bits per heavy atom. The van der Waals surface area contributed by atoms with Crippen molar-refractivity contribution in [3.63, 3.8) is 0 Å². The molecular formula is C7H9NO3. The topological polar surface area (TPSA) is 46.6 Å². The van der Waals surface area contributed by atoms with Crippen LogP contribution in [-0.4, -0.2) is 30.9 Å². The maximum Gasteiger partial charge on any atom is 0.259 e. The maximum atomic E-state index is 11.1. The molecule has 1 aliphatic rings. The number of rotatable bonds is 2. The van der Waals surface area contributed by atoms with Gasteiger partial charge in [-0.15, -0.1) is 0 Å². The Kier molecular flexibility index (Phi) is 2.25. The molecule has 0 aliphatic carbocycles. The lowest BCUT2D eigenvalue weighted by Crippen LogP contribution is -2.22. The molecule has 0 bridgehead atoms. The molecule has 11 heavy (non-hydrogen) atoms. The molecule has 1 aliphatic heterocycles. The minimum atomic E-state index is -0.248. The fraction of sp³-hybridized carbons (Fsp3) is 0.429. The number of ether oxygens (including phenoxy) is 1. The predicted molar refractivity (Wildman–Crippen MR) is 37.5 cm³/mol. The van der Waals surface area contributed by atoms with E-state index in [1.54, 1.807) is 0 Å². The van der Waals surface area contributed by atoms with Crippen LogP contribution in [0.5, 0.6) is 0 Å². The number of amides is 2. The molecule has 4 nitrogen and oxygen atoms in total. The molecule has 0 aromatic rings. The van der Waals surface area contributed by atoms with Gasteiger partial charge >= 0.3 is 0 Å². The summed E-state index contributed by atoms with van der Waals surface area (Å²) in [5.74, 6) is -0.248. The van der Waals surface area contributed by atoms with E-state index in [4.69, 9.17) is 0 Å². The number of carbonyl (C=O) groups is 2. The summed E-state index contributed by atoms with van der Waals surface area (Å²) in [5, 5.41) is 0. The smallest absolute Gasteiger partial charge is 0.259 e. The first-order valence-electron chi connectivity index (χ1n) is 3.27. The molecule has 2 amide bonds. The lowest BCUT2D eigenvalue weighted by molar-refractivity contribution is -0.132. The van der Waals surface area contributed by atoms with Gasteiger partial charge < -0.3 is 4.74 Å². The fourth-order valence-electron chi connectivity index (χ4n) is 0.986. The molecule has 0 spiro atoms. The second-order valence-electron chi connectivity index (χ2n) is 2.23. The first-order chi connectivity index (χ1) is 5.29. The highest BCUT2D eigenvalue weighted by Gasteiger charge is 2.25. The van der Waals surface area contributed by atoms with Crippen molar-refractivity contribution in [1.82, 2.24) is 4.90 Å². The Hall–Kier alpha value is -1.32. The Balaban J connectivity index is 2.70. The average molecular weight is 155 g/mol. The predicted octanol–water partition coefficient (Wildman–Crippen LogP) is -0.0946. The molecule has 0 unspecified atom stereocenters. The molecule has 1 heterocycles. The molecule has 0 radical (unpaired) electrons. The van der Waals surface area contributed by atoms with Gasteiger partial charge in [-0.05, 0) is 6.42 Å². The van der Waals surface area contributed by atoms with Gasteiger partial charge in [-0.2, -0.15) is 0 Å². The normalized spacial score (nSPS) is 21.0. The highest BCUT2D eigenvalue weighted by molar-refractivity contribution is 6.01. The summed E-state index contributed by atoms with van der Waals surface area (Å²) >= 11 is 0. The van der Waals surface area contributed by atoms with E-state index in [0.29, 0.717) is 24.9 Å². The van der Waals surface area contributed by atoms with E-state index in [1.807, 2.05) is 0 Å². The lowest BCUT2D eigenvalue weighted by Gasteiger charge is -2.01. The van der Waals surface area contributed by atoms with Gasteiger partial charge in [-0.25, -0.2) is 0 Å². The van der Waals surface area contributed by atoms with Crippen LogP contribution in [0.2, 0.25) is 0 Å². The van der Waals surface area contributed by atoms with E-state index in [1.165, 1.54) is 13.4 Å². The zero-order valence-corrected chi connectivity index (χ0v) is 6.24. The van der Waals surface area contributed by atoms with Crippen LogP contribution in [0.3, 0.4) is 0 Å². The van der Waals surface area contributed by atoms with Crippen LogP contribution in [0.1, 0.15) is 6.42 Å². The summed E-state index contributed by atoms with van der Waals surface area (Å²) in [6, 6.07) is 0. The number of imide groups is 1. The molecular weight excluding hydrogens is 146 g/mol. The number of methoxy groups -OCH3 is 1. The van der Waals surface area contributed by atoms with Gasteiger partial charge in [0, 0.05) is 6.54 Å². The van der Waals surface area contributed by atoms with Crippen molar-refractivity contribution in [1.29, 1.82) is 0 Å². The minimum absolute atomic E-state index is 0.248.